The van der Waals surface area contributed by atoms with Gasteiger partial charge in [0.2, 0.25) is 0 Å². The molecule has 33 heavy (non-hydrogen) atoms. The van der Waals surface area contributed by atoms with Gasteiger partial charge in [-0.15, -0.1) is 0 Å². The number of carbonyl (C=O) groups excluding carboxylic acids is 1. The van der Waals surface area contributed by atoms with Crippen molar-refractivity contribution in [1.82, 2.24) is 14.7 Å². The van der Waals surface area contributed by atoms with Gasteiger partial charge in [0.25, 0.3) is 0 Å². The predicted molar refractivity (Wildman–Crippen MR) is 136 cm³/mol. The van der Waals surface area contributed by atoms with Gasteiger partial charge in [-0.2, -0.15) is 0 Å². The number of aliphatic hydroxyl groups is 1. The monoisotopic (exact) mass is 524 g/mol. The second-order valence-corrected chi connectivity index (χ2v) is 10.1. The number of nitrogen functional groups attached to an aromatic ring is 1. The summed E-state index contributed by atoms with van der Waals surface area (Å²) in [6.07, 6.45) is 7.24. The molecule has 3 N–H and O–H groups in total. The van der Waals surface area contributed by atoms with E-state index in [2.05, 4.69) is 37.6 Å². The van der Waals surface area contributed by atoms with Crippen LogP contribution in [-0.4, -0.2) is 90.8 Å². The lowest BCUT2D eigenvalue weighted by Gasteiger charge is -2.34. The van der Waals surface area contributed by atoms with Crippen LogP contribution in [0.5, 0.6) is 0 Å². The molecule has 0 aromatic heterocycles. The molecule has 1 aliphatic carbocycles. The third-order valence-electron chi connectivity index (χ3n) is 7.05. The van der Waals surface area contributed by atoms with E-state index in [4.69, 9.17) is 15.6 Å². The summed E-state index contributed by atoms with van der Waals surface area (Å²) in [4.78, 5) is 19.9. The summed E-state index contributed by atoms with van der Waals surface area (Å²) in [7, 11) is 0. The number of aliphatic hydroxyl groups excluding tert-OH is 1. The molecular formula is C25H41BrN4O3. The molecule has 1 saturated carbocycles. The normalized spacial score (nSPS) is 18.7. The topological polar surface area (TPSA) is 82.3 Å². The molecule has 0 unspecified atom stereocenters. The Morgan fingerprint density at radius 3 is 2.45 bits per heavy atom. The minimum Gasteiger partial charge on any atom is -0.462 e. The Bertz CT molecular complexity index is 749. The van der Waals surface area contributed by atoms with Crippen LogP contribution in [0.3, 0.4) is 0 Å². The van der Waals surface area contributed by atoms with E-state index >= 15 is 0 Å². The highest BCUT2D eigenvalue weighted by Crippen LogP contribution is 2.30. The van der Waals surface area contributed by atoms with Crippen LogP contribution in [-0.2, 0) is 11.3 Å². The zero-order valence-electron chi connectivity index (χ0n) is 20.1. The lowest BCUT2D eigenvalue weighted by atomic mass is 9.93. The molecule has 2 aliphatic rings. The Kier molecular flexibility index (Phi) is 10.9. The largest absolute Gasteiger partial charge is 0.462 e. The maximum atomic E-state index is 12.7. The molecule has 0 atom stereocenters. The van der Waals surface area contributed by atoms with Gasteiger partial charge in [-0.25, -0.2) is 4.79 Å². The van der Waals surface area contributed by atoms with E-state index in [1.54, 1.807) is 6.07 Å². The number of anilines is 1. The maximum absolute atomic E-state index is 12.7. The van der Waals surface area contributed by atoms with Gasteiger partial charge in [0.1, 0.15) is 0 Å². The number of carbonyl (C=O) groups is 1. The number of hydrogen-bond donors (Lipinski definition) is 2. The summed E-state index contributed by atoms with van der Waals surface area (Å²) in [5.74, 6) is -0.287. The van der Waals surface area contributed by atoms with Crippen LogP contribution in [0.4, 0.5) is 5.69 Å². The Morgan fingerprint density at radius 2 is 1.82 bits per heavy atom. The molecule has 1 aromatic rings. The Morgan fingerprint density at radius 1 is 1.15 bits per heavy atom. The average molecular weight is 526 g/mol. The van der Waals surface area contributed by atoms with Crippen LogP contribution < -0.4 is 5.73 Å². The van der Waals surface area contributed by atoms with Crippen molar-refractivity contribution in [2.24, 2.45) is 0 Å². The van der Waals surface area contributed by atoms with Crippen LogP contribution in [0, 0.1) is 0 Å². The Hall–Kier alpha value is -1.19. The van der Waals surface area contributed by atoms with Crippen LogP contribution >= 0.6 is 15.9 Å². The van der Waals surface area contributed by atoms with Gasteiger partial charge in [0.05, 0.1) is 24.5 Å². The zero-order valence-corrected chi connectivity index (χ0v) is 21.7. The first-order chi connectivity index (χ1) is 16.0. The van der Waals surface area contributed by atoms with Gasteiger partial charge >= 0.3 is 5.97 Å². The van der Waals surface area contributed by atoms with E-state index in [0.717, 1.165) is 68.8 Å². The van der Waals surface area contributed by atoms with E-state index in [9.17, 15) is 4.79 Å². The van der Waals surface area contributed by atoms with E-state index in [1.807, 2.05) is 6.07 Å². The zero-order chi connectivity index (χ0) is 23.6. The standard InChI is InChI=1S/C25H41BrN4O3/c1-2-30(22-7-4-3-5-8-22)19-21-17-20(18-23(26)24(21)27)25(32)33-16-6-9-28-10-12-29(13-11-28)14-15-31/h17-18,22,31H,2-16,19,27H2,1H3. The molecule has 1 saturated heterocycles. The van der Waals surface area contributed by atoms with Crippen LogP contribution in [0.1, 0.15) is 61.4 Å². The molecule has 1 aliphatic heterocycles. The van der Waals surface area contributed by atoms with E-state index in [1.165, 1.54) is 32.1 Å². The van der Waals surface area contributed by atoms with Crippen molar-refractivity contribution in [1.29, 1.82) is 0 Å². The quantitative estimate of drug-likeness (QED) is 0.261. The molecule has 0 bridgehead atoms. The maximum Gasteiger partial charge on any atom is 0.338 e. The minimum atomic E-state index is -0.287. The highest BCUT2D eigenvalue weighted by atomic mass is 79.9. The molecule has 0 amide bonds. The summed E-state index contributed by atoms with van der Waals surface area (Å²) in [5, 5.41) is 9.05. The number of hydrogen-bond acceptors (Lipinski definition) is 7. The molecular weight excluding hydrogens is 484 g/mol. The van der Waals surface area contributed by atoms with Gasteiger partial charge in [0, 0.05) is 56.3 Å². The van der Waals surface area contributed by atoms with E-state index < -0.39 is 0 Å². The summed E-state index contributed by atoms with van der Waals surface area (Å²) in [6, 6.07) is 4.29. The molecule has 186 valence electrons. The number of benzene rings is 1. The highest BCUT2D eigenvalue weighted by Gasteiger charge is 2.22. The van der Waals surface area contributed by atoms with Crippen molar-refractivity contribution in [2.75, 3.05) is 64.8 Å². The summed E-state index contributed by atoms with van der Waals surface area (Å²) >= 11 is 3.55. The number of piperazine rings is 1. The second-order valence-electron chi connectivity index (χ2n) is 9.28. The third-order valence-corrected chi connectivity index (χ3v) is 7.71. The first-order valence-electron chi connectivity index (χ1n) is 12.6. The predicted octanol–water partition coefficient (Wildman–Crippen LogP) is 3.34. The van der Waals surface area contributed by atoms with E-state index in [0.29, 0.717) is 23.9 Å². The first kappa shape index (κ1) is 26.4. The van der Waals surface area contributed by atoms with Gasteiger partial charge in [-0.1, -0.05) is 26.2 Å². The number of esters is 1. The van der Waals surface area contributed by atoms with Crippen molar-refractivity contribution in [3.63, 3.8) is 0 Å². The molecule has 0 spiro atoms. The van der Waals surface area contributed by atoms with Crippen LogP contribution in [0.25, 0.3) is 0 Å². The average Bonchev–Trinajstić information content (AvgIpc) is 2.84. The molecule has 1 aromatic carbocycles. The summed E-state index contributed by atoms with van der Waals surface area (Å²) < 4.78 is 6.35. The van der Waals surface area contributed by atoms with Crippen molar-refractivity contribution in [3.8, 4) is 0 Å². The number of ether oxygens (including phenoxy) is 1. The summed E-state index contributed by atoms with van der Waals surface area (Å²) in [5.41, 5.74) is 8.63. The van der Waals surface area contributed by atoms with Gasteiger partial charge in [0.15, 0.2) is 0 Å². The lowest BCUT2D eigenvalue weighted by Crippen LogP contribution is -2.47. The number of rotatable bonds is 11. The molecule has 2 fully saturated rings. The minimum absolute atomic E-state index is 0.218. The SMILES string of the molecule is CCN(Cc1cc(C(=O)OCCCN2CCN(CCO)CC2)cc(Br)c1N)C1CCCCC1. The lowest BCUT2D eigenvalue weighted by molar-refractivity contribution is 0.0474. The van der Waals surface area contributed by atoms with Gasteiger partial charge in [-0.3, -0.25) is 9.80 Å². The second kappa shape index (κ2) is 13.6. The van der Waals surface area contributed by atoms with Crippen molar-refractivity contribution >= 4 is 27.6 Å². The fraction of sp³-hybridized carbons (Fsp3) is 0.720. The molecule has 0 radical (unpaired) electrons. The third kappa shape index (κ3) is 7.92. The van der Waals surface area contributed by atoms with Crippen molar-refractivity contribution in [3.05, 3.63) is 27.7 Å². The fourth-order valence-electron chi connectivity index (χ4n) is 5.00. The molecule has 8 heteroatoms. The Labute approximate surface area is 207 Å². The molecule has 7 nitrogen and oxygen atoms in total. The number of β-amino-alcohol motifs (C(OH)–C–C–N with tert-alkyl or cyclic N) is 1. The number of nitrogens with zero attached hydrogens (tertiary/aromatic N) is 3. The molecule has 1 heterocycles. The first-order valence-corrected chi connectivity index (χ1v) is 13.4. The summed E-state index contributed by atoms with van der Waals surface area (Å²) in [6.45, 7) is 10.2. The van der Waals surface area contributed by atoms with Gasteiger partial charge in [-0.05, 0) is 59.4 Å². The van der Waals surface area contributed by atoms with Crippen LogP contribution in [0.2, 0.25) is 0 Å². The highest BCUT2D eigenvalue weighted by molar-refractivity contribution is 9.10. The van der Waals surface area contributed by atoms with E-state index in [-0.39, 0.29) is 12.6 Å². The van der Waals surface area contributed by atoms with Crippen molar-refractivity contribution < 1.29 is 14.6 Å². The van der Waals surface area contributed by atoms with Crippen molar-refractivity contribution in [2.45, 2.75) is 58.0 Å². The molecule has 3 rings (SSSR count). The van der Waals surface area contributed by atoms with Gasteiger partial charge < -0.3 is 20.5 Å². The number of nitrogens with two attached hydrogens (primary N) is 1. The fourth-order valence-corrected chi connectivity index (χ4v) is 5.50. The Balaban J connectivity index is 1.49. The smallest absolute Gasteiger partial charge is 0.338 e. The number of halogens is 1. The van der Waals surface area contributed by atoms with Crippen LogP contribution in [0.15, 0.2) is 16.6 Å².